The second-order valence-electron chi connectivity index (χ2n) is 3.90. The fourth-order valence-corrected chi connectivity index (χ4v) is 1.64. The van der Waals surface area contributed by atoms with E-state index in [2.05, 4.69) is 5.32 Å². The highest BCUT2D eigenvalue weighted by Gasteiger charge is 2.13. The Morgan fingerprint density at radius 2 is 1.85 bits per heavy atom. The van der Waals surface area contributed by atoms with Crippen molar-refractivity contribution in [2.45, 2.75) is 0 Å². The SMILES string of the molecule is COc1ccc(C#N)c(Nc2cc(F)cc(F)c2F)c1. The normalized spacial score (nSPS) is 9.95. The van der Waals surface area contributed by atoms with Crippen LogP contribution in [0.3, 0.4) is 0 Å². The van der Waals surface area contributed by atoms with E-state index in [1.54, 1.807) is 6.07 Å². The molecule has 0 fully saturated rings. The smallest absolute Gasteiger partial charge is 0.182 e. The van der Waals surface area contributed by atoms with Crippen molar-refractivity contribution in [2.24, 2.45) is 0 Å². The van der Waals surface area contributed by atoms with E-state index in [1.807, 2.05) is 6.07 Å². The van der Waals surface area contributed by atoms with E-state index >= 15 is 0 Å². The van der Waals surface area contributed by atoms with E-state index in [1.165, 1.54) is 19.2 Å². The van der Waals surface area contributed by atoms with Gasteiger partial charge < -0.3 is 10.1 Å². The van der Waals surface area contributed by atoms with Gasteiger partial charge in [-0.3, -0.25) is 0 Å². The van der Waals surface area contributed by atoms with Crippen LogP contribution in [0.25, 0.3) is 0 Å². The van der Waals surface area contributed by atoms with Crippen LogP contribution in [0.2, 0.25) is 0 Å². The number of rotatable bonds is 3. The van der Waals surface area contributed by atoms with Crippen LogP contribution in [0.5, 0.6) is 5.75 Å². The van der Waals surface area contributed by atoms with Crippen molar-refractivity contribution < 1.29 is 17.9 Å². The molecule has 0 unspecified atom stereocenters. The lowest BCUT2D eigenvalue weighted by molar-refractivity contribution is 0.415. The van der Waals surface area contributed by atoms with Crippen LogP contribution in [-0.2, 0) is 0 Å². The Bertz CT molecular complexity index is 696. The van der Waals surface area contributed by atoms with Crippen molar-refractivity contribution in [3.63, 3.8) is 0 Å². The molecule has 0 aliphatic heterocycles. The average molecular weight is 278 g/mol. The Morgan fingerprint density at radius 1 is 1.10 bits per heavy atom. The van der Waals surface area contributed by atoms with E-state index in [-0.39, 0.29) is 11.3 Å². The number of hydrogen-bond donors (Lipinski definition) is 1. The molecule has 0 aliphatic carbocycles. The molecule has 6 heteroatoms. The van der Waals surface area contributed by atoms with Gasteiger partial charge >= 0.3 is 0 Å². The molecule has 0 radical (unpaired) electrons. The maximum absolute atomic E-state index is 13.6. The molecule has 3 nitrogen and oxygen atoms in total. The Kier molecular flexibility index (Phi) is 3.80. The summed E-state index contributed by atoms with van der Waals surface area (Å²) in [5.74, 6) is -3.04. The van der Waals surface area contributed by atoms with Gasteiger partial charge in [-0.05, 0) is 12.1 Å². The standard InChI is InChI=1S/C14H9F3N2O/c1-20-10-3-2-8(7-18)12(6-10)19-13-5-9(15)4-11(16)14(13)17/h2-6,19H,1H3. The number of nitrogens with one attached hydrogen (secondary N) is 1. The van der Waals surface area contributed by atoms with Gasteiger partial charge in [0.2, 0.25) is 0 Å². The molecule has 0 bridgehead atoms. The molecule has 20 heavy (non-hydrogen) atoms. The van der Waals surface area contributed by atoms with Gasteiger partial charge in [0.05, 0.1) is 24.0 Å². The van der Waals surface area contributed by atoms with Gasteiger partial charge in [0.15, 0.2) is 11.6 Å². The molecule has 0 saturated carbocycles. The maximum Gasteiger partial charge on any atom is 0.182 e. The molecule has 2 aromatic rings. The van der Waals surface area contributed by atoms with Crippen LogP contribution in [0.1, 0.15) is 5.56 Å². The number of halogens is 3. The highest BCUT2D eigenvalue weighted by atomic mass is 19.2. The van der Waals surface area contributed by atoms with E-state index in [0.29, 0.717) is 11.8 Å². The zero-order valence-corrected chi connectivity index (χ0v) is 10.4. The summed E-state index contributed by atoms with van der Waals surface area (Å²) in [5.41, 5.74) is -0.0159. The summed E-state index contributed by atoms with van der Waals surface area (Å²) in [4.78, 5) is 0. The first-order chi connectivity index (χ1) is 9.55. The van der Waals surface area contributed by atoms with Crippen molar-refractivity contribution >= 4 is 11.4 Å². The first-order valence-electron chi connectivity index (χ1n) is 5.55. The minimum absolute atomic E-state index is 0.190. The topological polar surface area (TPSA) is 45.0 Å². The molecule has 2 aromatic carbocycles. The fourth-order valence-electron chi connectivity index (χ4n) is 1.64. The lowest BCUT2D eigenvalue weighted by atomic mass is 10.1. The van der Waals surface area contributed by atoms with E-state index in [4.69, 9.17) is 10.00 Å². The minimum atomic E-state index is -1.31. The van der Waals surface area contributed by atoms with E-state index < -0.39 is 23.1 Å². The monoisotopic (exact) mass is 278 g/mol. The van der Waals surface area contributed by atoms with Crippen molar-refractivity contribution in [1.29, 1.82) is 5.26 Å². The molecule has 0 atom stereocenters. The molecule has 102 valence electrons. The first-order valence-corrected chi connectivity index (χ1v) is 5.55. The van der Waals surface area contributed by atoms with Crippen LogP contribution >= 0.6 is 0 Å². The molecule has 0 saturated heterocycles. The highest BCUT2D eigenvalue weighted by Crippen LogP contribution is 2.28. The average Bonchev–Trinajstić information content (AvgIpc) is 2.44. The van der Waals surface area contributed by atoms with Crippen LogP contribution < -0.4 is 10.1 Å². The van der Waals surface area contributed by atoms with Gasteiger partial charge in [-0.1, -0.05) is 0 Å². The van der Waals surface area contributed by atoms with Gasteiger partial charge in [-0.15, -0.1) is 0 Å². The number of nitrogens with zero attached hydrogens (tertiary/aromatic N) is 1. The number of ether oxygens (including phenoxy) is 1. The molecule has 2 rings (SSSR count). The molecular formula is C14H9F3N2O. The summed E-state index contributed by atoms with van der Waals surface area (Å²) in [6.45, 7) is 0. The van der Waals surface area contributed by atoms with Crippen LogP contribution in [0.15, 0.2) is 30.3 Å². The van der Waals surface area contributed by atoms with E-state index in [0.717, 1.165) is 6.07 Å². The minimum Gasteiger partial charge on any atom is -0.497 e. The van der Waals surface area contributed by atoms with Gasteiger partial charge in [0, 0.05) is 18.2 Å². The Hall–Kier alpha value is -2.68. The van der Waals surface area contributed by atoms with E-state index in [9.17, 15) is 13.2 Å². The van der Waals surface area contributed by atoms with Crippen molar-refractivity contribution in [1.82, 2.24) is 0 Å². The molecular weight excluding hydrogens is 269 g/mol. The highest BCUT2D eigenvalue weighted by molar-refractivity contribution is 5.68. The van der Waals surface area contributed by atoms with Gasteiger partial charge in [-0.25, -0.2) is 13.2 Å². The molecule has 0 spiro atoms. The van der Waals surface area contributed by atoms with Crippen LogP contribution in [-0.4, -0.2) is 7.11 Å². The largest absolute Gasteiger partial charge is 0.497 e. The summed E-state index contributed by atoms with van der Waals surface area (Å²) >= 11 is 0. The number of benzene rings is 2. The second-order valence-corrected chi connectivity index (χ2v) is 3.90. The zero-order chi connectivity index (χ0) is 14.7. The Balaban J connectivity index is 2.47. The number of methoxy groups -OCH3 is 1. The predicted octanol–water partition coefficient (Wildman–Crippen LogP) is 3.73. The van der Waals surface area contributed by atoms with Crippen LogP contribution in [0.4, 0.5) is 24.5 Å². The molecule has 1 N–H and O–H groups in total. The summed E-state index contributed by atoms with van der Waals surface area (Å²) in [7, 11) is 1.42. The number of nitriles is 1. The fraction of sp³-hybridized carbons (Fsp3) is 0.0714. The van der Waals surface area contributed by atoms with Gasteiger partial charge in [0.1, 0.15) is 17.6 Å². The first kappa shape index (κ1) is 13.7. The van der Waals surface area contributed by atoms with Crippen molar-refractivity contribution in [3.05, 3.63) is 53.3 Å². The molecule has 0 amide bonds. The molecule has 0 heterocycles. The lowest BCUT2D eigenvalue weighted by Gasteiger charge is -2.11. The third-order valence-corrected chi connectivity index (χ3v) is 2.61. The van der Waals surface area contributed by atoms with Crippen molar-refractivity contribution in [2.75, 3.05) is 12.4 Å². The summed E-state index contributed by atoms with van der Waals surface area (Å²) in [6, 6.07) is 7.57. The second kappa shape index (κ2) is 5.53. The molecule has 0 aromatic heterocycles. The quantitative estimate of drug-likeness (QED) is 0.870. The Morgan fingerprint density at radius 3 is 2.50 bits per heavy atom. The third-order valence-electron chi connectivity index (χ3n) is 2.61. The lowest BCUT2D eigenvalue weighted by Crippen LogP contribution is -2.00. The number of anilines is 2. The zero-order valence-electron chi connectivity index (χ0n) is 10.4. The van der Waals surface area contributed by atoms with Crippen molar-refractivity contribution in [3.8, 4) is 11.8 Å². The maximum atomic E-state index is 13.6. The van der Waals surface area contributed by atoms with Crippen LogP contribution in [0, 0.1) is 28.8 Å². The van der Waals surface area contributed by atoms with Gasteiger partial charge in [0.25, 0.3) is 0 Å². The summed E-state index contributed by atoms with van der Waals surface area (Å²) in [6.07, 6.45) is 0. The Labute approximate surface area is 113 Å². The summed E-state index contributed by atoms with van der Waals surface area (Å²) in [5, 5.41) is 11.5. The third kappa shape index (κ3) is 2.67. The predicted molar refractivity (Wildman–Crippen MR) is 67.3 cm³/mol. The number of hydrogen-bond acceptors (Lipinski definition) is 3. The van der Waals surface area contributed by atoms with Gasteiger partial charge in [-0.2, -0.15) is 5.26 Å². The molecule has 0 aliphatic rings. The summed E-state index contributed by atoms with van der Waals surface area (Å²) < 4.78 is 44.8.